The number of halogens is 1. The van der Waals surface area contributed by atoms with Crippen LogP contribution in [0.15, 0.2) is 22.7 Å². The van der Waals surface area contributed by atoms with E-state index in [9.17, 15) is 0 Å². The van der Waals surface area contributed by atoms with Gasteiger partial charge in [-0.25, -0.2) is 4.85 Å². The Balaban J connectivity index is 3.24. The van der Waals surface area contributed by atoms with E-state index >= 15 is 0 Å². The minimum absolute atomic E-state index is 0.111. The summed E-state index contributed by atoms with van der Waals surface area (Å²) in [6.07, 6.45) is 0. The molecule has 0 aliphatic carbocycles. The van der Waals surface area contributed by atoms with Crippen LogP contribution in [-0.4, -0.2) is 0 Å². The van der Waals surface area contributed by atoms with E-state index in [2.05, 4.69) is 47.6 Å². The summed E-state index contributed by atoms with van der Waals surface area (Å²) in [5.74, 6) is 0. The van der Waals surface area contributed by atoms with Crippen molar-refractivity contribution in [3.63, 3.8) is 0 Å². The Morgan fingerprint density at radius 2 is 1.92 bits per heavy atom. The van der Waals surface area contributed by atoms with Gasteiger partial charge < -0.3 is 0 Å². The molecule has 0 atom stereocenters. The zero-order valence-corrected chi connectivity index (χ0v) is 9.64. The minimum atomic E-state index is 0.111. The predicted molar refractivity (Wildman–Crippen MR) is 59.1 cm³/mol. The van der Waals surface area contributed by atoms with Crippen LogP contribution < -0.4 is 0 Å². The lowest BCUT2D eigenvalue weighted by Gasteiger charge is -2.19. The fraction of sp³-hybridized carbons (Fsp3) is 0.364. The third kappa shape index (κ3) is 2.32. The monoisotopic (exact) mass is 237 g/mol. The summed E-state index contributed by atoms with van der Waals surface area (Å²) in [6.45, 7) is 13.4. The van der Waals surface area contributed by atoms with Gasteiger partial charge in [-0.05, 0) is 5.41 Å². The molecule has 1 aromatic rings. The van der Waals surface area contributed by atoms with Gasteiger partial charge in [0.1, 0.15) is 0 Å². The van der Waals surface area contributed by atoms with Gasteiger partial charge in [0.15, 0.2) is 0 Å². The van der Waals surface area contributed by atoms with Gasteiger partial charge >= 0.3 is 0 Å². The highest BCUT2D eigenvalue weighted by molar-refractivity contribution is 9.10. The summed E-state index contributed by atoms with van der Waals surface area (Å²) >= 11 is 3.34. The summed E-state index contributed by atoms with van der Waals surface area (Å²) in [6, 6.07) is 5.93. The van der Waals surface area contributed by atoms with Crippen molar-refractivity contribution in [1.82, 2.24) is 0 Å². The fourth-order valence-electron chi connectivity index (χ4n) is 1.06. The lowest BCUT2D eigenvalue weighted by Crippen LogP contribution is -2.10. The Morgan fingerprint density at radius 3 is 2.38 bits per heavy atom. The third-order valence-corrected chi connectivity index (χ3v) is 2.60. The van der Waals surface area contributed by atoms with Gasteiger partial charge in [-0.3, -0.25) is 0 Å². The second-order valence-electron chi connectivity index (χ2n) is 4.03. The molecule has 0 aliphatic rings. The first-order valence-electron chi connectivity index (χ1n) is 4.12. The number of hydrogen-bond donors (Lipinski definition) is 0. The largest absolute Gasteiger partial charge is 0.237 e. The molecular formula is C11H12BrN. The van der Waals surface area contributed by atoms with Crippen LogP contribution in [0.2, 0.25) is 0 Å². The van der Waals surface area contributed by atoms with Crippen molar-refractivity contribution >= 4 is 21.6 Å². The second kappa shape index (κ2) is 3.51. The molecule has 1 rings (SSSR count). The van der Waals surface area contributed by atoms with Crippen LogP contribution in [0.3, 0.4) is 0 Å². The van der Waals surface area contributed by atoms with Gasteiger partial charge in [0.05, 0.1) is 6.57 Å². The molecule has 2 heteroatoms. The van der Waals surface area contributed by atoms with E-state index in [1.54, 1.807) is 0 Å². The van der Waals surface area contributed by atoms with Gasteiger partial charge in [-0.2, -0.15) is 0 Å². The number of benzene rings is 1. The summed E-state index contributed by atoms with van der Waals surface area (Å²) in [4.78, 5) is 3.45. The van der Waals surface area contributed by atoms with Gasteiger partial charge in [0.2, 0.25) is 5.69 Å². The molecule has 0 radical (unpaired) electrons. The van der Waals surface area contributed by atoms with Crippen LogP contribution in [0.1, 0.15) is 26.3 Å². The first-order chi connectivity index (χ1) is 5.95. The maximum Gasteiger partial charge on any atom is 0.201 e. The molecule has 68 valence electrons. The average molecular weight is 238 g/mol. The molecular weight excluding hydrogens is 226 g/mol. The Kier molecular flexibility index (Phi) is 2.77. The van der Waals surface area contributed by atoms with E-state index < -0.39 is 0 Å². The second-order valence-corrected chi connectivity index (χ2v) is 4.88. The maximum absolute atomic E-state index is 6.98. The average Bonchev–Trinajstić information content (AvgIpc) is 2.03. The molecule has 13 heavy (non-hydrogen) atoms. The predicted octanol–water partition coefficient (Wildman–Crippen LogP) is 4.30. The summed E-state index contributed by atoms with van der Waals surface area (Å²) in [5, 5.41) is 0. The molecule has 0 aromatic heterocycles. The lowest BCUT2D eigenvalue weighted by molar-refractivity contribution is 0.590. The van der Waals surface area contributed by atoms with E-state index in [0.29, 0.717) is 5.69 Å². The minimum Gasteiger partial charge on any atom is -0.237 e. The van der Waals surface area contributed by atoms with Crippen molar-refractivity contribution in [2.75, 3.05) is 0 Å². The van der Waals surface area contributed by atoms with Gasteiger partial charge in [0.25, 0.3) is 0 Å². The van der Waals surface area contributed by atoms with Crippen molar-refractivity contribution in [3.05, 3.63) is 39.7 Å². The summed E-state index contributed by atoms with van der Waals surface area (Å²) in [5.41, 5.74) is 1.99. The van der Waals surface area contributed by atoms with E-state index in [1.807, 2.05) is 12.1 Å². The van der Waals surface area contributed by atoms with Crippen LogP contribution in [0, 0.1) is 6.57 Å². The van der Waals surface area contributed by atoms with Crippen LogP contribution >= 0.6 is 15.9 Å². The molecule has 0 N–H and O–H groups in total. The highest BCUT2D eigenvalue weighted by Gasteiger charge is 2.14. The first-order valence-corrected chi connectivity index (χ1v) is 4.92. The standard InChI is InChI=1S/C11H12BrN/c1-11(2,3)8-5-6-9(12)10(7-8)13-4/h5-7H,1-3H3. The summed E-state index contributed by atoms with van der Waals surface area (Å²) in [7, 11) is 0. The van der Waals surface area contributed by atoms with E-state index in [-0.39, 0.29) is 5.41 Å². The van der Waals surface area contributed by atoms with Crippen molar-refractivity contribution in [1.29, 1.82) is 0 Å². The van der Waals surface area contributed by atoms with Crippen LogP contribution in [0.5, 0.6) is 0 Å². The molecule has 1 aromatic carbocycles. The maximum atomic E-state index is 6.98. The van der Waals surface area contributed by atoms with Crippen molar-refractivity contribution in [2.24, 2.45) is 0 Å². The van der Waals surface area contributed by atoms with Crippen molar-refractivity contribution < 1.29 is 0 Å². The number of hydrogen-bond acceptors (Lipinski definition) is 0. The molecule has 0 amide bonds. The number of rotatable bonds is 0. The zero-order valence-electron chi connectivity index (χ0n) is 8.06. The van der Waals surface area contributed by atoms with Gasteiger partial charge in [-0.1, -0.05) is 60.5 Å². The highest BCUT2D eigenvalue weighted by Crippen LogP contribution is 2.31. The smallest absolute Gasteiger partial charge is 0.201 e. The molecule has 0 spiro atoms. The Labute approximate surface area is 87.7 Å². The quantitative estimate of drug-likeness (QED) is 0.593. The third-order valence-electron chi connectivity index (χ3n) is 1.93. The van der Waals surface area contributed by atoms with Crippen LogP contribution in [-0.2, 0) is 5.41 Å². The molecule has 0 saturated carbocycles. The van der Waals surface area contributed by atoms with Crippen LogP contribution in [0.25, 0.3) is 4.85 Å². The zero-order chi connectivity index (χ0) is 10.1. The Morgan fingerprint density at radius 1 is 1.31 bits per heavy atom. The molecule has 0 heterocycles. The molecule has 0 fully saturated rings. The number of nitrogens with zero attached hydrogens (tertiary/aromatic N) is 1. The Hall–Kier alpha value is -0.810. The van der Waals surface area contributed by atoms with Crippen LogP contribution in [0.4, 0.5) is 5.69 Å². The lowest BCUT2D eigenvalue weighted by atomic mass is 9.87. The first kappa shape index (κ1) is 10.3. The van der Waals surface area contributed by atoms with E-state index in [0.717, 1.165) is 4.47 Å². The summed E-state index contributed by atoms with van der Waals surface area (Å²) < 4.78 is 0.871. The normalized spacial score (nSPS) is 11.0. The van der Waals surface area contributed by atoms with Crippen molar-refractivity contribution in [2.45, 2.75) is 26.2 Å². The molecule has 0 bridgehead atoms. The molecule has 0 saturated heterocycles. The van der Waals surface area contributed by atoms with Crippen molar-refractivity contribution in [3.8, 4) is 0 Å². The molecule has 0 unspecified atom stereocenters. The van der Waals surface area contributed by atoms with E-state index in [1.165, 1.54) is 5.56 Å². The highest BCUT2D eigenvalue weighted by atomic mass is 79.9. The van der Waals surface area contributed by atoms with Gasteiger partial charge in [0, 0.05) is 4.47 Å². The molecule has 0 aliphatic heterocycles. The Bertz CT molecular complexity index is 355. The molecule has 1 nitrogen and oxygen atoms in total. The topological polar surface area (TPSA) is 4.36 Å². The van der Waals surface area contributed by atoms with Gasteiger partial charge in [-0.15, -0.1) is 0 Å². The SMILES string of the molecule is [C-]#[N+]c1cc(C(C)(C)C)ccc1Br. The van der Waals surface area contributed by atoms with E-state index in [4.69, 9.17) is 6.57 Å². The fourth-order valence-corrected chi connectivity index (χ4v) is 1.40.